The molecule has 0 bridgehead atoms. The quantitative estimate of drug-likeness (QED) is 0.378. The first-order valence-electron chi connectivity index (χ1n) is 11.9. The molecule has 2 aromatic carbocycles. The van der Waals surface area contributed by atoms with Crippen LogP contribution in [-0.2, 0) is 9.59 Å². The fourth-order valence-electron chi connectivity index (χ4n) is 4.24. The van der Waals surface area contributed by atoms with E-state index in [4.69, 9.17) is 15.2 Å². The molecule has 37 heavy (non-hydrogen) atoms. The Labute approximate surface area is 220 Å². The molecule has 12 heteroatoms. The van der Waals surface area contributed by atoms with Gasteiger partial charge in [-0.25, -0.2) is 0 Å². The summed E-state index contributed by atoms with van der Waals surface area (Å²) in [6.45, 7) is 2.82. The van der Waals surface area contributed by atoms with Crippen LogP contribution in [0.5, 0.6) is 11.5 Å². The molecule has 0 aromatic heterocycles. The third-order valence-electron chi connectivity index (χ3n) is 6.32. The summed E-state index contributed by atoms with van der Waals surface area (Å²) in [7, 11) is 2.98. The Morgan fingerprint density at radius 3 is 2.41 bits per heavy atom. The number of hydrogen-bond donors (Lipinski definition) is 4. The highest BCUT2D eigenvalue weighted by Gasteiger charge is 2.36. The lowest BCUT2D eigenvalue weighted by Gasteiger charge is -2.37. The predicted octanol–water partition coefficient (Wildman–Crippen LogP) is 0.172. The number of benzene rings is 2. The van der Waals surface area contributed by atoms with Gasteiger partial charge in [-0.05, 0) is 30.3 Å². The van der Waals surface area contributed by atoms with Gasteiger partial charge in [-0.3, -0.25) is 19.7 Å². The van der Waals surface area contributed by atoms with Crippen molar-refractivity contribution in [3.63, 3.8) is 0 Å². The van der Waals surface area contributed by atoms with Gasteiger partial charge in [-0.1, -0.05) is 18.2 Å². The van der Waals surface area contributed by atoms with Crippen LogP contribution >= 0.6 is 11.8 Å². The lowest BCUT2D eigenvalue weighted by Crippen LogP contribution is -2.70. The molecule has 0 radical (unpaired) electrons. The van der Waals surface area contributed by atoms with Crippen LogP contribution in [0.3, 0.4) is 0 Å². The van der Waals surface area contributed by atoms with E-state index in [0.717, 1.165) is 18.8 Å². The number of thioether (sulfide) groups is 1. The minimum Gasteiger partial charge on any atom is -0.493 e. The van der Waals surface area contributed by atoms with E-state index in [-0.39, 0.29) is 11.7 Å². The molecule has 5 N–H and O–H groups in total. The number of para-hydroxylation sites is 1. The number of methoxy groups -OCH3 is 2. The Bertz CT molecular complexity index is 1110. The van der Waals surface area contributed by atoms with Gasteiger partial charge in [0.05, 0.1) is 26.1 Å². The van der Waals surface area contributed by atoms with Crippen LogP contribution < -0.4 is 36.1 Å². The summed E-state index contributed by atoms with van der Waals surface area (Å²) in [5.41, 5.74) is 7.06. The normalized spacial score (nSPS) is 21.7. The standard InChI is InChI=1S/C25H32N6O5S/c1-35-18-9-8-16(14-19(18)36-2)23(33)27-21-22(26)28-25(29-24(21)34)37-15-20(32)31-12-10-30(11-13-31)17-6-4-3-5-7-17/h3-9,14,21-22,25,28H,10-13,15,26H2,1-2H3,(H,27,33)(H,29,34). The Balaban J connectivity index is 1.24. The summed E-state index contributed by atoms with van der Waals surface area (Å²) in [5.74, 6) is 0.175. The summed E-state index contributed by atoms with van der Waals surface area (Å²) in [5, 5.41) is 8.48. The second kappa shape index (κ2) is 12.2. The number of nitrogens with zero attached hydrogens (tertiary/aromatic N) is 2. The number of carbonyl (C=O) groups excluding carboxylic acids is 3. The molecule has 0 saturated carbocycles. The molecule has 3 amide bonds. The summed E-state index contributed by atoms with van der Waals surface area (Å²) in [4.78, 5) is 42.3. The van der Waals surface area contributed by atoms with Gasteiger partial charge >= 0.3 is 0 Å². The number of nitrogens with one attached hydrogen (secondary N) is 3. The third-order valence-corrected chi connectivity index (χ3v) is 7.32. The van der Waals surface area contributed by atoms with Crippen LogP contribution in [0.1, 0.15) is 10.4 Å². The van der Waals surface area contributed by atoms with Crippen molar-refractivity contribution in [2.75, 3.05) is 51.1 Å². The number of nitrogens with two attached hydrogens (primary N) is 1. The Kier molecular flexibility index (Phi) is 8.74. The molecule has 2 heterocycles. The van der Waals surface area contributed by atoms with E-state index in [9.17, 15) is 14.4 Å². The molecule has 0 spiro atoms. The monoisotopic (exact) mass is 528 g/mol. The second-order valence-electron chi connectivity index (χ2n) is 8.62. The van der Waals surface area contributed by atoms with Gasteiger partial charge < -0.3 is 35.6 Å². The smallest absolute Gasteiger partial charge is 0.252 e. The predicted molar refractivity (Wildman–Crippen MR) is 142 cm³/mol. The topological polar surface area (TPSA) is 138 Å². The number of carbonyl (C=O) groups is 3. The van der Waals surface area contributed by atoms with Crippen LogP contribution in [0.25, 0.3) is 0 Å². The van der Waals surface area contributed by atoms with Crippen molar-refractivity contribution < 1.29 is 23.9 Å². The lowest BCUT2D eigenvalue weighted by atomic mass is 10.1. The molecule has 2 aliphatic heterocycles. The molecule has 2 saturated heterocycles. The zero-order valence-electron chi connectivity index (χ0n) is 20.8. The highest BCUT2D eigenvalue weighted by atomic mass is 32.2. The van der Waals surface area contributed by atoms with Gasteiger partial charge in [0.25, 0.3) is 5.91 Å². The lowest BCUT2D eigenvalue weighted by molar-refractivity contribution is -0.129. The van der Waals surface area contributed by atoms with Crippen molar-refractivity contribution in [3.8, 4) is 11.5 Å². The maximum atomic E-state index is 12.8. The molecule has 198 valence electrons. The molecule has 2 fully saturated rings. The van der Waals surface area contributed by atoms with E-state index in [2.05, 4.69) is 33.0 Å². The molecule has 0 aliphatic carbocycles. The molecule has 2 aromatic rings. The SMILES string of the molecule is COc1ccc(C(=O)NC2C(=O)NC(SCC(=O)N3CCN(c4ccccc4)CC3)NC2N)cc1OC. The van der Waals surface area contributed by atoms with Crippen LogP contribution in [0.2, 0.25) is 0 Å². The number of piperazine rings is 1. The van der Waals surface area contributed by atoms with Crippen molar-refractivity contribution >= 4 is 35.2 Å². The fourth-order valence-corrected chi connectivity index (χ4v) is 5.19. The van der Waals surface area contributed by atoms with Gasteiger partial charge in [0.2, 0.25) is 11.8 Å². The summed E-state index contributed by atoms with van der Waals surface area (Å²) in [6, 6.07) is 13.8. The Morgan fingerprint density at radius 1 is 1.05 bits per heavy atom. The third kappa shape index (κ3) is 6.45. The molecule has 3 atom stereocenters. The average molecular weight is 529 g/mol. The van der Waals surface area contributed by atoms with E-state index in [1.807, 2.05) is 23.1 Å². The fraction of sp³-hybridized carbons (Fsp3) is 0.400. The highest BCUT2D eigenvalue weighted by molar-refractivity contribution is 8.00. The average Bonchev–Trinajstić information content (AvgIpc) is 2.93. The first-order valence-corrected chi connectivity index (χ1v) is 13.0. The van der Waals surface area contributed by atoms with E-state index >= 15 is 0 Å². The first-order chi connectivity index (χ1) is 17.9. The van der Waals surface area contributed by atoms with E-state index < -0.39 is 29.5 Å². The largest absolute Gasteiger partial charge is 0.493 e. The van der Waals surface area contributed by atoms with Crippen LogP contribution in [0, 0.1) is 0 Å². The maximum absolute atomic E-state index is 12.8. The molecule has 3 unspecified atom stereocenters. The zero-order chi connectivity index (χ0) is 26.4. The summed E-state index contributed by atoms with van der Waals surface area (Å²) >= 11 is 1.26. The number of anilines is 1. The van der Waals surface area contributed by atoms with Crippen LogP contribution in [0.15, 0.2) is 48.5 Å². The second-order valence-corrected chi connectivity index (χ2v) is 9.71. The number of rotatable bonds is 8. The van der Waals surface area contributed by atoms with E-state index in [1.165, 1.54) is 32.0 Å². The van der Waals surface area contributed by atoms with Gasteiger partial charge in [-0.2, -0.15) is 0 Å². The van der Waals surface area contributed by atoms with Crippen molar-refractivity contribution in [1.29, 1.82) is 0 Å². The molecule has 11 nitrogen and oxygen atoms in total. The van der Waals surface area contributed by atoms with E-state index in [0.29, 0.717) is 30.2 Å². The molecular formula is C25H32N6O5S. The maximum Gasteiger partial charge on any atom is 0.252 e. The number of hydrogen-bond acceptors (Lipinski definition) is 9. The van der Waals surface area contributed by atoms with Crippen LogP contribution in [0.4, 0.5) is 5.69 Å². The van der Waals surface area contributed by atoms with Gasteiger partial charge in [0, 0.05) is 37.4 Å². The Morgan fingerprint density at radius 2 is 1.76 bits per heavy atom. The summed E-state index contributed by atoms with van der Waals surface area (Å²) in [6.07, 6.45) is -0.833. The van der Waals surface area contributed by atoms with Gasteiger partial charge in [0.1, 0.15) is 11.5 Å². The van der Waals surface area contributed by atoms with Crippen LogP contribution in [-0.4, -0.2) is 86.5 Å². The van der Waals surface area contributed by atoms with Gasteiger partial charge in [-0.15, -0.1) is 11.8 Å². The van der Waals surface area contributed by atoms with E-state index in [1.54, 1.807) is 12.1 Å². The zero-order valence-corrected chi connectivity index (χ0v) is 21.6. The highest BCUT2D eigenvalue weighted by Crippen LogP contribution is 2.27. The van der Waals surface area contributed by atoms with Crippen molar-refractivity contribution in [2.45, 2.75) is 17.7 Å². The first kappa shape index (κ1) is 26.6. The van der Waals surface area contributed by atoms with Crippen molar-refractivity contribution in [3.05, 3.63) is 54.1 Å². The van der Waals surface area contributed by atoms with Crippen molar-refractivity contribution in [2.24, 2.45) is 5.73 Å². The summed E-state index contributed by atoms with van der Waals surface area (Å²) < 4.78 is 10.4. The minimum atomic E-state index is -0.987. The van der Waals surface area contributed by atoms with Gasteiger partial charge in [0.15, 0.2) is 11.5 Å². The minimum absolute atomic E-state index is 0.00575. The Hall–Kier alpha value is -3.48. The number of amides is 3. The molecule has 2 aliphatic rings. The molecular weight excluding hydrogens is 496 g/mol. The molecule has 4 rings (SSSR count). The van der Waals surface area contributed by atoms with Crippen molar-refractivity contribution in [1.82, 2.24) is 20.9 Å². The number of ether oxygens (including phenoxy) is 2.